The van der Waals surface area contributed by atoms with Crippen molar-refractivity contribution in [1.29, 1.82) is 0 Å². The van der Waals surface area contributed by atoms with Crippen molar-refractivity contribution in [1.82, 2.24) is 4.98 Å². The third-order valence-corrected chi connectivity index (χ3v) is 7.24. The number of hydrogen-bond acceptors (Lipinski definition) is 6. The molecule has 8 heteroatoms. The number of aliphatic hydroxyl groups is 1. The highest BCUT2D eigenvalue weighted by atomic mass is 32.1. The van der Waals surface area contributed by atoms with Crippen LogP contribution in [0.15, 0.2) is 66.2 Å². The number of aryl methyl sites for hydroxylation is 2. The topological polar surface area (TPSA) is 79.7 Å². The van der Waals surface area contributed by atoms with E-state index in [0.29, 0.717) is 28.6 Å². The van der Waals surface area contributed by atoms with Gasteiger partial charge in [0.15, 0.2) is 5.13 Å². The standard InChI is InChI=1S/C29H25FN2O4S/c1-4-12-36-21-7-5-6-19(15-21)26(33)23-25(18-8-10-20(30)11-9-18)32(28(35)27(23)34)29-31-24-17(3)13-16(2)14-22(24)37-29/h5-11,13-15,25,33H,4,12H2,1-3H3. The maximum atomic E-state index is 13.8. The van der Waals surface area contributed by atoms with Crippen molar-refractivity contribution in [2.24, 2.45) is 0 Å². The van der Waals surface area contributed by atoms with Crippen molar-refractivity contribution in [3.63, 3.8) is 0 Å². The molecule has 1 saturated heterocycles. The van der Waals surface area contributed by atoms with Gasteiger partial charge in [-0.05, 0) is 67.3 Å². The van der Waals surface area contributed by atoms with Crippen LogP contribution in [0.5, 0.6) is 5.75 Å². The van der Waals surface area contributed by atoms with E-state index < -0.39 is 23.5 Å². The molecule has 0 aliphatic carbocycles. The summed E-state index contributed by atoms with van der Waals surface area (Å²) in [6.45, 7) is 6.41. The second kappa shape index (κ2) is 9.78. The molecular formula is C29H25FN2O4S. The van der Waals surface area contributed by atoms with Gasteiger partial charge in [0, 0.05) is 5.56 Å². The number of aliphatic hydroxyl groups excluding tert-OH is 1. The molecule has 1 amide bonds. The summed E-state index contributed by atoms with van der Waals surface area (Å²) in [6.07, 6.45) is 0.813. The number of Topliss-reactive ketones (excluding diaryl/α,β-unsaturated/α-hetero) is 1. The van der Waals surface area contributed by atoms with Gasteiger partial charge >= 0.3 is 5.91 Å². The van der Waals surface area contributed by atoms with Crippen LogP contribution >= 0.6 is 11.3 Å². The van der Waals surface area contributed by atoms with Gasteiger partial charge in [-0.1, -0.05) is 48.6 Å². The van der Waals surface area contributed by atoms with Gasteiger partial charge in [-0.15, -0.1) is 0 Å². The Bertz CT molecular complexity index is 1560. The first kappa shape index (κ1) is 24.6. The molecule has 6 nitrogen and oxygen atoms in total. The van der Waals surface area contributed by atoms with Crippen LogP contribution in [0.1, 0.15) is 41.6 Å². The number of anilines is 1. The maximum Gasteiger partial charge on any atom is 0.301 e. The largest absolute Gasteiger partial charge is 0.507 e. The molecule has 188 valence electrons. The number of ketones is 1. The lowest BCUT2D eigenvalue weighted by Gasteiger charge is -2.23. The number of nitrogens with zero attached hydrogens (tertiary/aromatic N) is 2. The molecule has 2 heterocycles. The van der Waals surface area contributed by atoms with E-state index >= 15 is 0 Å². The molecule has 5 rings (SSSR count). The number of halogens is 1. The Morgan fingerprint density at radius 1 is 1.11 bits per heavy atom. The molecule has 1 N–H and O–H groups in total. The van der Waals surface area contributed by atoms with Crippen molar-refractivity contribution < 1.29 is 23.8 Å². The van der Waals surface area contributed by atoms with Crippen molar-refractivity contribution in [2.45, 2.75) is 33.2 Å². The van der Waals surface area contributed by atoms with Crippen LogP contribution in [-0.4, -0.2) is 28.4 Å². The fourth-order valence-electron chi connectivity index (χ4n) is 4.56. The van der Waals surface area contributed by atoms with Crippen LogP contribution in [0.2, 0.25) is 0 Å². The summed E-state index contributed by atoms with van der Waals surface area (Å²) in [6, 6.07) is 15.3. The first-order chi connectivity index (χ1) is 17.8. The zero-order valence-electron chi connectivity index (χ0n) is 20.6. The first-order valence-corrected chi connectivity index (χ1v) is 12.8. The molecule has 4 aromatic rings. The zero-order chi connectivity index (χ0) is 26.3. The van der Waals surface area contributed by atoms with E-state index in [1.807, 2.05) is 32.9 Å². The number of hydrogen-bond donors (Lipinski definition) is 1. The van der Waals surface area contributed by atoms with Gasteiger partial charge in [0.2, 0.25) is 0 Å². The SMILES string of the molecule is CCCOc1cccc(C(O)=C2C(=O)C(=O)N(c3nc4c(C)cc(C)cc4s3)C2c2ccc(F)cc2)c1. The average molecular weight is 517 g/mol. The Balaban J connectivity index is 1.69. The Morgan fingerprint density at radius 2 is 1.86 bits per heavy atom. The number of thiazole rings is 1. The lowest BCUT2D eigenvalue weighted by molar-refractivity contribution is -0.132. The predicted octanol–water partition coefficient (Wildman–Crippen LogP) is 6.47. The van der Waals surface area contributed by atoms with E-state index in [1.54, 1.807) is 24.3 Å². The smallest absolute Gasteiger partial charge is 0.301 e. The van der Waals surface area contributed by atoms with Gasteiger partial charge in [-0.2, -0.15) is 0 Å². The molecule has 0 bridgehead atoms. The fourth-order valence-corrected chi connectivity index (χ4v) is 5.73. The molecule has 0 spiro atoms. The lowest BCUT2D eigenvalue weighted by atomic mass is 9.95. The summed E-state index contributed by atoms with van der Waals surface area (Å²) in [5, 5.41) is 11.7. The highest BCUT2D eigenvalue weighted by Gasteiger charge is 2.48. The molecule has 1 atom stereocenters. The summed E-state index contributed by atoms with van der Waals surface area (Å²) >= 11 is 1.29. The van der Waals surface area contributed by atoms with Gasteiger partial charge in [-0.25, -0.2) is 9.37 Å². The Hall–Kier alpha value is -4.04. The van der Waals surface area contributed by atoms with E-state index in [4.69, 9.17) is 9.72 Å². The number of carbonyl (C=O) groups excluding carboxylic acids is 2. The van der Waals surface area contributed by atoms with E-state index in [0.717, 1.165) is 27.8 Å². The zero-order valence-corrected chi connectivity index (χ0v) is 21.4. The Morgan fingerprint density at radius 3 is 2.59 bits per heavy atom. The fraction of sp³-hybridized carbons (Fsp3) is 0.207. The molecule has 1 aliphatic heterocycles. The van der Waals surface area contributed by atoms with Gasteiger partial charge in [-0.3, -0.25) is 14.5 Å². The number of fused-ring (bicyclic) bond motifs is 1. The van der Waals surface area contributed by atoms with Crippen LogP contribution in [0.25, 0.3) is 16.0 Å². The minimum absolute atomic E-state index is 0.0867. The summed E-state index contributed by atoms with van der Waals surface area (Å²) < 4.78 is 20.4. The molecule has 0 saturated carbocycles. The van der Waals surface area contributed by atoms with Gasteiger partial charge in [0.25, 0.3) is 5.78 Å². The number of amides is 1. The molecule has 0 radical (unpaired) electrons. The molecule has 1 unspecified atom stereocenters. The van der Waals surface area contributed by atoms with Crippen molar-refractivity contribution in [2.75, 3.05) is 11.5 Å². The second-order valence-electron chi connectivity index (χ2n) is 9.02. The second-order valence-corrected chi connectivity index (χ2v) is 10.0. The number of benzene rings is 3. The monoisotopic (exact) mass is 516 g/mol. The van der Waals surface area contributed by atoms with Crippen LogP contribution in [0, 0.1) is 19.7 Å². The van der Waals surface area contributed by atoms with Gasteiger partial charge in [0.1, 0.15) is 17.3 Å². The molecule has 1 aromatic heterocycles. The van der Waals surface area contributed by atoms with Gasteiger partial charge < -0.3 is 9.84 Å². The number of ether oxygens (including phenoxy) is 1. The minimum Gasteiger partial charge on any atom is -0.507 e. The number of rotatable bonds is 6. The van der Waals surface area contributed by atoms with Crippen molar-refractivity contribution in [3.05, 3.63) is 94.3 Å². The van der Waals surface area contributed by atoms with E-state index in [9.17, 15) is 19.1 Å². The highest BCUT2D eigenvalue weighted by Crippen LogP contribution is 2.45. The van der Waals surface area contributed by atoms with Gasteiger partial charge in [0.05, 0.1) is 28.4 Å². The summed E-state index contributed by atoms with van der Waals surface area (Å²) in [7, 11) is 0. The van der Waals surface area contributed by atoms with E-state index in [2.05, 4.69) is 0 Å². The molecule has 37 heavy (non-hydrogen) atoms. The molecular weight excluding hydrogens is 491 g/mol. The summed E-state index contributed by atoms with van der Waals surface area (Å²) in [5.41, 5.74) is 3.49. The van der Waals surface area contributed by atoms with E-state index in [-0.39, 0.29) is 11.3 Å². The highest BCUT2D eigenvalue weighted by molar-refractivity contribution is 7.22. The predicted molar refractivity (Wildman–Crippen MR) is 143 cm³/mol. The molecule has 1 fully saturated rings. The third-order valence-electron chi connectivity index (χ3n) is 6.24. The van der Waals surface area contributed by atoms with Crippen molar-refractivity contribution >= 4 is 44.1 Å². The minimum atomic E-state index is -0.984. The van der Waals surface area contributed by atoms with Crippen LogP contribution in [-0.2, 0) is 9.59 Å². The number of carbonyl (C=O) groups is 2. The first-order valence-electron chi connectivity index (χ1n) is 12.0. The molecule has 3 aromatic carbocycles. The molecule has 1 aliphatic rings. The average Bonchev–Trinajstić information content (AvgIpc) is 3.41. The Kier molecular flexibility index (Phi) is 6.52. The maximum absolute atomic E-state index is 13.8. The Labute approximate surface area is 217 Å². The quantitative estimate of drug-likeness (QED) is 0.181. The number of aromatic nitrogens is 1. The van der Waals surface area contributed by atoms with Crippen molar-refractivity contribution in [3.8, 4) is 5.75 Å². The third kappa shape index (κ3) is 4.49. The van der Waals surface area contributed by atoms with Crippen LogP contribution in [0.3, 0.4) is 0 Å². The van der Waals surface area contributed by atoms with E-state index in [1.165, 1.54) is 40.5 Å². The summed E-state index contributed by atoms with van der Waals surface area (Å²) in [4.78, 5) is 32.9. The summed E-state index contributed by atoms with van der Waals surface area (Å²) in [5.74, 6) is -1.88. The van der Waals surface area contributed by atoms with Crippen LogP contribution in [0.4, 0.5) is 9.52 Å². The normalized spacial score (nSPS) is 17.1. The lowest BCUT2D eigenvalue weighted by Crippen LogP contribution is -2.29. The van der Waals surface area contributed by atoms with Crippen LogP contribution < -0.4 is 9.64 Å².